The monoisotopic (exact) mass is 132 g/mol. The molecule has 0 heterocycles. The molecule has 0 aromatic heterocycles. The summed E-state index contributed by atoms with van der Waals surface area (Å²) in [7, 11) is 0. The van der Waals surface area contributed by atoms with E-state index in [9.17, 15) is 0 Å². The van der Waals surface area contributed by atoms with Crippen molar-refractivity contribution in [1.82, 2.24) is 0 Å². The second-order valence-corrected chi connectivity index (χ2v) is 1.85. The first-order valence-electron chi connectivity index (χ1n) is 2.78. The lowest BCUT2D eigenvalue weighted by molar-refractivity contribution is 0.0587. The van der Waals surface area contributed by atoms with Crippen LogP contribution in [-0.2, 0) is 0 Å². The highest BCUT2D eigenvalue weighted by molar-refractivity contribution is 4.83. The first-order chi connectivity index (χ1) is 4.26. The molecular formula is C6H12O3. The normalized spacial score (nSPS) is 13.8. The lowest BCUT2D eigenvalue weighted by Crippen LogP contribution is -2.24. The van der Waals surface area contributed by atoms with Gasteiger partial charge in [-0.05, 0) is 0 Å². The molecule has 54 valence electrons. The zero-order valence-corrected chi connectivity index (χ0v) is 5.20. The molecule has 0 aliphatic rings. The van der Waals surface area contributed by atoms with Crippen LogP contribution in [0.5, 0.6) is 0 Å². The summed E-state index contributed by atoms with van der Waals surface area (Å²) in [5, 5.41) is 25.8. The maximum absolute atomic E-state index is 8.88. The lowest BCUT2D eigenvalue weighted by atomic mass is 10.1. The van der Waals surface area contributed by atoms with Gasteiger partial charge in [0, 0.05) is 5.92 Å². The van der Waals surface area contributed by atoms with E-state index in [1.54, 1.807) is 0 Å². The summed E-state index contributed by atoms with van der Waals surface area (Å²) >= 11 is 0. The van der Waals surface area contributed by atoms with E-state index in [0.29, 0.717) is 0 Å². The summed E-state index contributed by atoms with van der Waals surface area (Å²) in [5.41, 5.74) is 0. The first-order valence-corrected chi connectivity index (χ1v) is 2.78. The standard InChI is InChI=1S/C6H12O3/c1-2-6(9)5(3-7)4-8/h2,5-9H,1,3-4H2. The lowest BCUT2D eigenvalue weighted by Gasteiger charge is -2.13. The van der Waals surface area contributed by atoms with Crippen molar-refractivity contribution in [2.75, 3.05) is 13.2 Å². The van der Waals surface area contributed by atoms with E-state index >= 15 is 0 Å². The second-order valence-electron chi connectivity index (χ2n) is 1.85. The average Bonchev–Trinajstić information content (AvgIpc) is 1.90. The fourth-order valence-electron chi connectivity index (χ4n) is 0.466. The van der Waals surface area contributed by atoms with E-state index < -0.39 is 12.0 Å². The molecule has 0 rings (SSSR count). The molecule has 0 fully saturated rings. The first kappa shape index (κ1) is 8.62. The van der Waals surface area contributed by atoms with Crippen LogP contribution in [-0.4, -0.2) is 34.6 Å². The maximum atomic E-state index is 8.88. The van der Waals surface area contributed by atoms with Crippen LogP contribution in [0.2, 0.25) is 0 Å². The average molecular weight is 132 g/mol. The minimum atomic E-state index is -0.806. The van der Waals surface area contributed by atoms with Crippen molar-refractivity contribution in [1.29, 1.82) is 0 Å². The van der Waals surface area contributed by atoms with Crippen LogP contribution in [0.3, 0.4) is 0 Å². The number of hydrogen-bond acceptors (Lipinski definition) is 3. The van der Waals surface area contributed by atoms with Gasteiger partial charge in [-0.2, -0.15) is 0 Å². The van der Waals surface area contributed by atoms with Crippen LogP contribution in [0.15, 0.2) is 12.7 Å². The van der Waals surface area contributed by atoms with Gasteiger partial charge >= 0.3 is 0 Å². The fraction of sp³-hybridized carbons (Fsp3) is 0.667. The third-order valence-corrected chi connectivity index (χ3v) is 1.19. The Hall–Kier alpha value is -0.380. The van der Waals surface area contributed by atoms with E-state index in [1.165, 1.54) is 6.08 Å². The molecule has 0 spiro atoms. The molecule has 0 aromatic carbocycles. The summed E-state index contributed by atoms with van der Waals surface area (Å²) in [5.74, 6) is -0.484. The van der Waals surface area contributed by atoms with Gasteiger partial charge in [0.1, 0.15) is 0 Å². The smallest absolute Gasteiger partial charge is 0.0790 e. The molecule has 0 saturated heterocycles. The van der Waals surface area contributed by atoms with Crippen molar-refractivity contribution in [3.63, 3.8) is 0 Å². The van der Waals surface area contributed by atoms with Gasteiger partial charge in [-0.1, -0.05) is 6.08 Å². The zero-order chi connectivity index (χ0) is 7.28. The van der Waals surface area contributed by atoms with Crippen molar-refractivity contribution in [2.24, 2.45) is 5.92 Å². The molecule has 0 aromatic rings. The van der Waals surface area contributed by atoms with Gasteiger partial charge in [-0.15, -0.1) is 6.58 Å². The molecule has 3 heteroatoms. The molecule has 1 atom stereocenters. The van der Waals surface area contributed by atoms with Crippen molar-refractivity contribution < 1.29 is 15.3 Å². The highest BCUT2D eigenvalue weighted by atomic mass is 16.3. The zero-order valence-electron chi connectivity index (χ0n) is 5.20. The van der Waals surface area contributed by atoms with Crippen LogP contribution in [0, 0.1) is 5.92 Å². The van der Waals surface area contributed by atoms with Crippen molar-refractivity contribution in [2.45, 2.75) is 6.10 Å². The van der Waals surface area contributed by atoms with E-state index in [4.69, 9.17) is 15.3 Å². The van der Waals surface area contributed by atoms with E-state index in [2.05, 4.69) is 6.58 Å². The number of rotatable bonds is 4. The molecule has 9 heavy (non-hydrogen) atoms. The van der Waals surface area contributed by atoms with E-state index in [0.717, 1.165) is 0 Å². The van der Waals surface area contributed by atoms with Crippen LogP contribution < -0.4 is 0 Å². The van der Waals surface area contributed by atoms with Gasteiger partial charge in [-0.25, -0.2) is 0 Å². The van der Waals surface area contributed by atoms with Crippen LogP contribution in [0.4, 0.5) is 0 Å². The molecule has 3 nitrogen and oxygen atoms in total. The molecule has 0 radical (unpaired) electrons. The Kier molecular flexibility index (Phi) is 4.30. The molecule has 0 aliphatic carbocycles. The SMILES string of the molecule is C=CC(O)C(CO)CO. The Morgan fingerprint density at radius 2 is 1.78 bits per heavy atom. The Morgan fingerprint density at radius 3 is 1.89 bits per heavy atom. The van der Waals surface area contributed by atoms with Crippen LogP contribution in [0.1, 0.15) is 0 Å². The largest absolute Gasteiger partial charge is 0.396 e. The van der Waals surface area contributed by atoms with E-state index in [-0.39, 0.29) is 13.2 Å². The minimum absolute atomic E-state index is 0.219. The molecule has 0 aliphatic heterocycles. The molecule has 0 amide bonds. The number of hydrogen-bond donors (Lipinski definition) is 3. The third kappa shape index (κ3) is 2.60. The van der Waals surface area contributed by atoms with Gasteiger partial charge in [0.2, 0.25) is 0 Å². The Balaban J connectivity index is 3.63. The summed E-state index contributed by atoms with van der Waals surface area (Å²) in [6.45, 7) is 2.87. The molecule has 0 bridgehead atoms. The maximum Gasteiger partial charge on any atom is 0.0790 e. The highest BCUT2D eigenvalue weighted by Gasteiger charge is 2.12. The predicted molar refractivity (Wildman–Crippen MR) is 33.9 cm³/mol. The van der Waals surface area contributed by atoms with Gasteiger partial charge in [0.25, 0.3) is 0 Å². The van der Waals surface area contributed by atoms with Crippen LogP contribution >= 0.6 is 0 Å². The van der Waals surface area contributed by atoms with Crippen molar-refractivity contribution in [3.05, 3.63) is 12.7 Å². The fourth-order valence-corrected chi connectivity index (χ4v) is 0.466. The summed E-state index contributed by atoms with van der Waals surface area (Å²) in [6, 6.07) is 0. The predicted octanol–water partition coefficient (Wildman–Crippen LogP) is -0.866. The molecule has 0 saturated carbocycles. The Labute approximate surface area is 54.3 Å². The third-order valence-electron chi connectivity index (χ3n) is 1.19. The number of aliphatic hydroxyl groups is 3. The Bertz CT molecular complexity index is 78.4. The van der Waals surface area contributed by atoms with Gasteiger partial charge < -0.3 is 15.3 Å². The molecular weight excluding hydrogens is 120 g/mol. The summed E-state index contributed by atoms with van der Waals surface area (Å²) < 4.78 is 0. The van der Waals surface area contributed by atoms with Gasteiger partial charge in [0.15, 0.2) is 0 Å². The highest BCUT2D eigenvalue weighted by Crippen LogP contribution is 2.01. The van der Waals surface area contributed by atoms with Gasteiger partial charge in [-0.3, -0.25) is 0 Å². The summed E-state index contributed by atoms with van der Waals surface area (Å²) in [4.78, 5) is 0. The van der Waals surface area contributed by atoms with Crippen molar-refractivity contribution in [3.8, 4) is 0 Å². The summed E-state index contributed by atoms with van der Waals surface area (Å²) in [6.07, 6.45) is 0.483. The van der Waals surface area contributed by atoms with Gasteiger partial charge in [0.05, 0.1) is 19.3 Å². The number of aliphatic hydroxyl groups excluding tert-OH is 3. The minimum Gasteiger partial charge on any atom is -0.396 e. The topological polar surface area (TPSA) is 60.7 Å². The second kappa shape index (κ2) is 4.49. The Morgan fingerprint density at radius 1 is 1.33 bits per heavy atom. The van der Waals surface area contributed by atoms with Crippen molar-refractivity contribution >= 4 is 0 Å². The van der Waals surface area contributed by atoms with Crippen LogP contribution in [0.25, 0.3) is 0 Å². The van der Waals surface area contributed by atoms with E-state index in [1.807, 2.05) is 0 Å². The quantitative estimate of drug-likeness (QED) is 0.436. The molecule has 1 unspecified atom stereocenters. The molecule has 3 N–H and O–H groups in total.